The third kappa shape index (κ3) is 5.01. The van der Waals surface area contributed by atoms with Gasteiger partial charge in [0.05, 0.1) is 5.69 Å². The highest BCUT2D eigenvalue weighted by molar-refractivity contribution is 5.69. The summed E-state index contributed by atoms with van der Waals surface area (Å²) in [4.78, 5) is 0. The van der Waals surface area contributed by atoms with E-state index in [1.807, 2.05) is 0 Å². The summed E-state index contributed by atoms with van der Waals surface area (Å²) < 4.78 is 2.29. The maximum Gasteiger partial charge on any atom is 0.168 e. The Kier molecular flexibility index (Phi) is 6.73. The lowest BCUT2D eigenvalue weighted by Gasteiger charge is -2.38. The van der Waals surface area contributed by atoms with Crippen LogP contribution in [0.5, 0.6) is 0 Å². The van der Waals surface area contributed by atoms with Gasteiger partial charge in [0.15, 0.2) is 5.82 Å². The summed E-state index contributed by atoms with van der Waals surface area (Å²) in [5, 5.41) is 9.61. The standard InChI is InChI=1S/C34H43N3/c1-22-12-13-27(20-23(22)2)30-35-36-31(34(10,11)33(7,8)9)37(30)29-19-16-26(21-24(29)3)25-14-17-28(18-15-25)32(4,5)6/h12-21H,1-11H3. The fourth-order valence-corrected chi connectivity index (χ4v) is 4.57. The summed E-state index contributed by atoms with van der Waals surface area (Å²) in [5.74, 6) is 1.87. The molecule has 0 bridgehead atoms. The van der Waals surface area contributed by atoms with Gasteiger partial charge in [0.1, 0.15) is 5.82 Å². The van der Waals surface area contributed by atoms with Crippen LogP contribution in [0.15, 0.2) is 60.7 Å². The minimum Gasteiger partial charge on any atom is -0.278 e. The van der Waals surface area contributed by atoms with Crippen LogP contribution in [0.4, 0.5) is 0 Å². The minimum absolute atomic E-state index is 0.000885. The molecule has 0 aliphatic carbocycles. The zero-order valence-electron chi connectivity index (χ0n) is 24.6. The van der Waals surface area contributed by atoms with Crippen molar-refractivity contribution in [3.05, 3.63) is 88.7 Å². The van der Waals surface area contributed by atoms with Crippen molar-refractivity contribution in [3.63, 3.8) is 0 Å². The SMILES string of the molecule is Cc1ccc(-c2nnc(C(C)(C)C(C)(C)C)n2-c2ccc(-c3ccc(C(C)(C)C)cc3)cc2C)cc1C. The first kappa shape index (κ1) is 26.9. The molecule has 0 unspecified atom stereocenters. The summed E-state index contributed by atoms with van der Waals surface area (Å²) in [7, 11) is 0. The monoisotopic (exact) mass is 493 g/mol. The van der Waals surface area contributed by atoms with Gasteiger partial charge in [-0.2, -0.15) is 0 Å². The number of hydrogen-bond acceptors (Lipinski definition) is 2. The van der Waals surface area contributed by atoms with E-state index < -0.39 is 0 Å². The first-order chi connectivity index (χ1) is 17.1. The predicted molar refractivity (Wildman–Crippen MR) is 158 cm³/mol. The van der Waals surface area contributed by atoms with Crippen molar-refractivity contribution in [1.29, 1.82) is 0 Å². The highest BCUT2D eigenvalue weighted by atomic mass is 15.3. The van der Waals surface area contributed by atoms with Crippen LogP contribution in [0.3, 0.4) is 0 Å². The highest BCUT2D eigenvalue weighted by Gasteiger charge is 2.40. The van der Waals surface area contributed by atoms with Gasteiger partial charge in [-0.1, -0.05) is 97.9 Å². The molecule has 0 fully saturated rings. The second-order valence-corrected chi connectivity index (χ2v) is 13.2. The molecular formula is C34H43N3. The molecule has 0 atom stereocenters. The molecule has 4 aromatic rings. The van der Waals surface area contributed by atoms with Crippen molar-refractivity contribution in [1.82, 2.24) is 14.8 Å². The van der Waals surface area contributed by atoms with E-state index >= 15 is 0 Å². The quantitative estimate of drug-likeness (QED) is 0.284. The van der Waals surface area contributed by atoms with Crippen LogP contribution in [0.1, 0.15) is 83.5 Å². The van der Waals surface area contributed by atoms with Crippen LogP contribution in [0.2, 0.25) is 0 Å². The second-order valence-electron chi connectivity index (χ2n) is 13.2. The summed E-state index contributed by atoms with van der Waals surface area (Å²) in [6, 6.07) is 22.3. The number of benzene rings is 3. The Hall–Kier alpha value is -3.20. The number of aryl methyl sites for hydroxylation is 3. The van der Waals surface area contributed by atoms with Gasteiger partial charge >= 0.3 is 0 Å². The van der Waals surface area contributed by atoms with E-state index in [0.29, 0.717) is 0 Å². The largest absolute Gasteiger partial charge is 0.278 e. The first-order valence-corrected chi connectivity index (χ1v) is 13.4. The van der Waals surface area contributed by atoms with Gasteiger partial charge in [0.25, 0.3) is 0 Å². The molecule has 0 N–H and O–H groups in total. The number of nitrogens with zero attached hydrogens (tertiary/aromatic N) is 3. The summed E-state index contributed by atoms with van der Waals surface area (Å²) in [6.07, 6.45) is 0. The van der Waals surface area contributed by atoms with E-state index in [0.717, 1.165) is 22.9 Å². The van der Waals surface area contributed by atoms with Crippen molar-refractivity contribution in [2.24, 2.45) is 5.41 Å². The highest BCUT2D eigenvalue weighted by Crippen LogP contribution is 2.42. The Morgan fingerprint density at radius 1 is 0.568 bits per heavy atom. The Morgan fingerprint density at radius 3 is 1.68 bits per heavy atom. The van der Waals surface area contributed by atoms with Crippen molar-refractivity contribution in [2.75, 3.05) is 0 Å². The minimum atomic E-state index is -0.202. The molecule has 0 amide bonds. The van der Waals surface area contributed by atoms with Crippen LogP contribution in [-0.2, 0) is 10.8 Å². The zero-order chi connectivity index (χ0) is 27.3. The maximum absolute atomic E-state index is 4.83. The Labute approximate surface area is 224 Å². The number of aromatic nitrogens is 3. The molecule has 1 aromatic heterocycles. The molecular weight excluding hydrogens is 450 g/mol. The third-order valence-corrected chi connectivity index (χ3v) is 8.38. The molecule has 0 aliphatic rings. The Balaban J connectivity index is 1.88. The molecule has 0 saturated heterocycles. The van der Waals surface area contributed by atoms with Gasteiger partial charge < -0.3 is 0 Å². The van der Waals surface area contributed by atoms with Crippen molar-refractivity contribution in [2.45, 2.75) is 87.0 Å². The lowest BCUT2D eigenvalue weighted by Crippen LogP contribution is -2.36. The van der Waals surface area contributed by atoms with E-state index in [9.17, 15) is 0 Å². The molecule has 194 valence electrons. The maximum atomic E-state index is 4.83. The number of rotatable bonds is 4. The second kappa shape index (κ2) is 9.28. The fourth-order valence-electron chi connectivity index (χ4n) is 4.57. The Morgan fingerprint density at radius 2 is 1.14 bits per heavy atom. The molecule has 0 aliphatic heterocycles. The summed E-state index contributed by atoms with van der Waals surface area (Å²) in [6.45, 7) is 24.6. The van der Waals surface area contributed by atoms with Gasteiger partial charge in [0.2, 0.25) is 0 Å². The first-order valence-electron chi connectivity index (χ1n) is 13.4. The van der Waals surface area contributed by atoms with Crippen LogP contribution in [-0.4, -0.2) is 14.8 Å². The van der Waals surface area contributed by atoms with Crippen molar-refractivity contribution in [3.8, 4) is 28.2 Å². The Bertz CT molecular complexity index is 1420. The van der Waals surface area contributed by atoms with E-state index in [4.69, 9.17) is 10.2 Å². The van der Waals surface area contributed by atoms with E-state index in [1.165, 1.54) is 33.4 Å². The number of hydrogen-bond donors (Lipinski definition) is 0. The third-order valence-electron chi connectivity index (χ3n) is 8.38. The van der Waals surface area contributed by atoms with E-state index in [-0.39, 0.29) is 16.2 Å². The molecule has 4 rings (SSSR count). The van der Waals surface area contributed by atoms with Crippen LogP contribution < -0.4 is 0 Å². The molecule has 0 radical (unpaired) electrons. The van der Waals surface area contributed by atoms with E-state index in [2.05, 4.69) is 141 Å². The fraction of sp³-hybridized carbons (Fsp3) is 0.412. The van der Waals surface area contributed by atoms with Crippen LogP contribution in [0, 0.1) is 26.2 Å². The average molecular weight is 494 g/mol. The van der Waals surface area contributed by atoms with Gasteiger partial charge in [-0.3, -0.25) is 4.57 Å². The topological polar surface area (TPSA) is 30.7 Å². The molecule has 0 spiro atoms. The van der Waals surface area contributed by atoms with Gasteiger partial charge in [0, 0.05) is 11.0 Å². The van der Waals surface area contributed by atoms with Crippen LogP contribution in [0.25, 0.3) is 28.2 Å². The van der Waals surface area contributed by atoms with Crippen LogP contribution >= 0.6 is 0 Å². The predicted octanol–water partition coefficient (Wildman–Crippen LogP) is 9.15. The molecule has 1 heterocycles. The molecule has 3 nitrogen and oxygen atoms in total. The lowest BCUT2D eigenvalue weighted by atomic mass is 9.68. The molecule has 3 aromatic carbocycles. The lowest BCUT2D eigenvalue weighted by molar-refractivity contribution is 0.211. The smallest absolute Gasteiger partial charge is 0.168 e. The summed E-state index contributed by atoms with van der Waals surface area (Å²) >= 11 is 0. The zero-order valence-corrected chi connectivity index (χ0v) is 24.6. The van der Waals surface area contributed by atoms with Gasteiger partial charge in [-0.05, 0) is 83.2 Å². The van der Waals surface area contributed by atoms with E-state index in [1.54, 1.807) is 0 Å². The molecule has 3 heteroatoms. The molecule has 0 saturated carbocycles. The van der Waals surface area contributed by atoms with Gasteiger partial charge in [-0.25, -0.2) is 0 Å². The normalized spacial score (nSPS) is 12.7. The van der Waals surface area contributed by atoms with Crippen molar-refractivity contribution < 1.29 is 0 Å². The molecule has 37 heavy (non-hydrogen) atoms. The van der Waals surface area contributed by atoms with Gasteiger partial charge in [-0.15, -0.1) is 10.2 Å². The average Bonchev–Trinajstić information content (AvgIpc) is 3.25. The van der Waals surface area contributed by atoms with Crippen molar-refractivity contribution >= 4 is 0 Å². The summed E-state index contributed by atoms with van der Waals surface area (Å²) in [5.41, 5.74) is 9.70.